The van der Waals surface area contributed by atoms with E-state index in [1.165, 1.54) is 0 Å². The summed E-state index contributed by atoms with van der Waals surface area (Å²) in [6, 6.07) is 8.00. The third kappa shape index (κ3) is 6.56. The lowest BCUT2D eigenvalue weighted by Gasteiger charge is -2.32. The smallest absolute Gasteiger partial charge is 0.407 e. The van der Waals surface area contributed by atoms with Crippen LogP contribution in [-0.2, 0) is 16.1 Å². The lowest BCUT2D eigenvalue weighted by Crippen LogP contribution is -2.44. The summed E-state index contributed by atoms with van der Waals surface area (Å²) in [6.45, 7) is 10.3. The normalized spacial score (nSPS) is 17.2. The molecule has 1 saturated heterocycles. The summed E-state index contributed by atoms with van der Waals surface area (Å²) in [6.07, 6.45) is 1.31. The minimum absolute atomic E-state index is 0.00874. The standard InChI is InChI=1S/C24H33ClN4O3/c1-16-18-9-5-6-10-19(18)28-20(21(16)25)15-29-13-7-8-17(14-29)22(30)26-11-12-27-23(31)32-24(2,3)4/h5-6,9-10,17H,7-8,11-15H2,1-4H3,(H,26,30)(H,27,31). The average Bonchev–Trinajstić information content (AvgIpc) is 2.74. The van der Waals surface area contributed by atoms with Gasteiger partial charge in [-0.15, -0.1) is 0 Å². The molecule has 1 aromatic heterocycles. The molecular formula is C24H33ClN4O3. The number of amides is 2. The first-order valence-corrected chi connectivity index (χ1v) is 11.5. The Balaban J connectivity index is 1.51. The van der Waals surface area contributed by atoms with Crippen LogP contribution in [0.1, 0.15) is 44.9 Å². The van der Waals surface area contributed by atoms with Gasteiger partial charge in [-0.2, -0.15) is 0 Å². The summed E-state index contributed by atoms with van der Waals surface area (Å²) in [5.74, 6) is -0.0833. The molecule has 0 radical (unpaired) electrons. The summed E-state index contributed by atoms with van der Waals surface area (Å²) >= 11 is 6.63. The number of ether oxygens (including phenoxy) is 1. The maximum atomic E-state index is 12.6. The third-order valence-corrected chi connectivity index (χ3v) is 5.99. The fourth-order valence-corrected chi connectivity index (χ4v) is 4.16. The molecule has 1 aliphatic rings. The number of carbonyl (C=O) groups is 2. The number of hydrogen-bond donors (Lipinski definition) is 2. The van der Waals surface area contributed by atoms with E-state index in [0.717, 1.165) is 41.5 Å². The van der Waals surface area contributed by atoms with E-state index in [9.17, 15) is 9.59 Å². The van der Waals surface area contributed by atoms with Crippen molar-refractivity contribution in [2.75, 3.05) is 26.2 Å². The summed E-state index contributed by atoms with van der Waals surface area (Å²) in [5, 5.41) is 7.34. The second-order valence-corrected chi connectivity index (χ2v) is 9.69. The largest absolute Gasteiger partial charge is 0.444 e. The van der Waals surface area contributed by atoms with Gasteiger partial charge in [-0.3, -0.25) is 9.69 Å². The number of piperidine rings is 1. The van der Waals surface area contributed by atoms with Gasteiger partial charge in [0.25, 0.3) is 0 Å². The highest BCUT2D eigenvalue weighted by Gasteiger charge is 2.26. The molecule has 1 aliphatic heterocycles. The van der Waals surface area contributed by atoms with E-state index in [1.807, 2.05) is 52.0 Å². The highest BCUT2D eigenvalue weighted by atomic mass is 35.5. The van der Waals surface area contributed by atoms with Crippen molar-refractivity contribution in [3.63, 3.8) is 0 Å². The number of carbonyl (C=O) groups excluding carboxylic acids is 2. The van der Waals surface area contributed by atoms with E-state index in [1.54, 1.807) is 0 Å². The first kappa shape index (κ1) is 24.3. The Morgan fingerprint density at radius 3 is 2.69 bits per heavy atom. The van der Waals surface area contributed by atoms with Gasteiger partial charge in [0.1, 0.15) is 5.60 Å². The fourth-order valence-electron chi connectivity index (χ4n) is 3.96. The molecule has 2 heterocycles. The number of benzene rings is 1. The van der Waals surface area contributed by atoms with Gasteiger partial charge in [-0.1, -0.05) is 29.8 Å². The number of hydrogen-bond acceptors (Lipinski definition) is 5. The topological polar surface area (TPSA) is 83.6 Å². The van der Waals surface area contributed by atoms with Gasteiger partial charge in [-0.25, -0.2) is 9.78 Å². The number of nitrogens with one attached hydrogen (secondary N) is 2. The zero-order valence-corrected chi connectivity index (χ0v) is 20.1. The van der Waals surface area contributed by atoms with Gasteiger partial charge in [0.05, 0.1) is 22.2 Å². The van der Waals surface area contributed by atoms with Crippen LogP contribution in [0, 0.1) is 12.8 Å². The number of aromatic nitrogens is 1. The molecule has 2 amide bonds. The van der Waals surface area contributed by atoms with E-state index < -0.39 is 11.7 Å². The minimum Gasteiger partial charge on any atom is -0.444 e. The van der Waals surface area contributed by atoms with Crippen molar-refractivity contribution in [2.45, 2.75) is 52.7 Å². The van der Waals surface area contributed by atoms with Crippen molar-refractivity contribution in [3.8, 4) is 0 Å². The van der Waals surface area contributed by atoms with Crippen LogP contribution in [0.4, 0.5) is 4.79 Å². The summed E-state index contributed by atoms with van der Waals surface area (Å²) < 4.78 is 5.19. The van der Waals surface area contributed by atoms with E-state index in [-0.39, 0.29) is 11.8 Å². The molecule has 0 spiro atoms. The van der Waals surface area contributed by atoms with Crippen molar-refractivity contribution in [1.29, 1.82) is 0 Å². The number of halogens is 1. The number of nitrogens with zero attached hydrogens (tertiary/aromatic N) is 2. The number of likely N-dealkylation sites (tertiary alicyclic amines) is 1. The summed E-state index contributed by atoms with van der Waals surface area (Å²) in [5.41, 5.74) is 2.29. The molecule has 0 aliphatic carbocycles. The van der Waals surface area contributed by atoms with Crippen molar-refractivity contribution < 1.29 is 14.3 Å². The van der Waals surface area contributed by atoms with E-state index >= 15 is 0 Å². The van der Waals surface area contributed by atoms with Gasteiger partial charge >= 0.3 is 6.09 Å². The van der Waals surface area contributed by atoms with E-state index in [0.29, 0.717) is 31.2 Å². The lowest BCUT2D eigenvalue weighted by molar-refractivity contribution is -0.126. The molecule has 0 bridgehead atoms. The molecule has 1 fully saturated rings. The second kappa shape index (κ2) is 10.5. The fraction of sp³-hybridized carbons (Fsp3) is 0.542. The first-order valence-electron chi connectivity index (χ1n) is 11.1. The van der Waals surface area contributed by atoms with Crippen LogP contribution >= 0.6 is 11.6 Å². The van der Waals surface area contributed by atoms with Gasteiger partial charge in [0, 0.05) is 31.6 Å². The van der Waals surface area contributed by atoms with Crippen LogP contribution < -0.4 is 10.6 Å². The lowest BCUT2D eigenvalue weighted by atomic mass is 9.97. The van der Waals surface area contributed by atoms with Gasteiger partial charge in [0.2, 0.25) is 5.91 Å². The number of aryl methyl sites for hydroxylation is 1. The molecule has 2 N–H and O–H groups in total. The van der Waals surface area contributed by atoms with Crippen LogP contribution in [-0.4, -0.2) is 53.7 Å². The molecule has 3 rings (SSSR count). The Bertz CT molecular complexity index is 974. The SMILES string of the molecule is Cc1c(Cl)c(CN2CCCC(C(=O)NCCNC(=O)OC(C)(C)C)C2)nc2ccccc12. The van der Waals surface area contributed by atoms with Crippen LogP contribution in [0.25, 0.3) is 10.9 Å². The van der Waals surface area contributed by atoms with Crippen LogP contribution in [0.5, 0.6) is 0 Å². The van der Waals surface area contributed by atoms with Crippen molar-refractivity contribution in [3.05, 3.63) is 40.5 Å². The number of pyridine rings is 1. The Hall–Kier alpha value is -2.38. The summed E-state index contributed by atoms with van der Waals surface area (Å²) in [7, 11) is 0. The highest BCUT2D eigenvalue weighted by molar-refractivity contribution is 6.32. The monoisotopic (exact) mass is 460 g/mol. The quantitative estimate of drug-likeness (QED) is 0.635. The Morgan fingerprint density at radius 1 is 1.22 bits per heavy atom. The van der Waals surface area contributed by atoms with Crippen molar-refractivity contribution in [1.82, 2.24) is 20.5 Å². The predicted octanol–water partition coefficient (Wildman–Crippen LogP) is 4.05. The zero-order valence-electron chi connectivity index (χ0n) is 19.3. The van der Waals surface area contributed by atoms with Crippen LogP contribution in [0.15, 0.2) is 24.3 Å². The van der Waals surface area contributed by atoms with Crippen LogP contribution in [0.2, 0.25) is 5.02 Å². The Labute approximate surface area is 194 Å². The zero-order chi connectivity index (χ0) is 23.3. The Morgan fingerprint density at radius 2 is 1.94 bits per heavy atom. The third-order valence-electron chi connectivity index (χ3n) is 5.49. The minimum atomic E-state index is -0.541. The number of fused-ring (bicyclic) bond motifs is 1. The predicted molar refractivity (Wildman–Crippen MR) is 127 cm³/mol. The maximum absolute atomic E-state index is 12.6. The van der Waals surface area contributed by atoms with Crippen molar-refractivity contribution in [2.24, 2.45) is 5.92 Å². The van der Waals surface area contributed by atoms with Gasteiger partial charge < -0.3 is 15.4 Å². The number of rotatable bonds is 6. The first-order chi connectivity index (χ1) is 15.1. The second-order valence-electron chi connectivity index (χ2n) is 9.31. The van der Waals surface area contributed by atoms with E-state index in [2.05, 4.69) is 15.5 Å². The molecule has 8 heteroatoms. The summed E-state index contributed by atoms with van der Waals surface area (Å²) in [4.78, 5) is 31.3. The van der Waals surface area contributed by atoms with E-state index in [4.69, 9.17) is 21.3 Å². The molecule has 2 aromatic rings. The molecule has 1 unspecified atom stereocenters. The van der Waals surface area contributed by atoms with Crippen LogP contribution in [0.3, 0.4) is 0 Å². The molecule has 1 atom stereocenters. The van der Waals surface area contributed by atoms with Gasteiger partial charge in [-0.05, 0) is 58.7 Å². The molecule has 1 aromatic carbocycles. The van der Waals surface area contributed by atoms with Gasteiger partial charge in [0.15, 0.2) is 0 Å². The van der Waals surface area contributed by atoms with Crippen molar-refractivity contribution >= 4 is 34.5 Å². The molecule has 174 valence electrons. The molecule has 32 heavy (non-hydrogen) atoms. The highest BCUT2D eigenvalue weighted by Crippen LogP contribution is 2.28. The molecule has 7 nitrogen and oxygen atoms in total. The average molecular weight is 461 g/mol. The maximum Gasteiger partial charge on any atom is 0.407 e. The molecular weight excluding hydrogens is 428 g/mol. The molecule has 0 saturated carbocycles. The number of alkyl carbamates (subject to hydrolysis) is 1. The number of para-hydroxylation sites is 1. The Kier molecular flexibility index (Phi) is 7.96.